The molecule has 0 aliphatic heterocycles. The van der Waals surface area contributed by atoms with Gasteiger partial charge in [-0.15, -0.1) is 35.3 Å². The lowest BCUT2D eigenvalue weighted by molar-refractivity contribution is 0.815. The first-order valence-corrected chi connectivity index (χ1v) is 7.25. The molecule has 0 fully saturated rings. The fourth-order valence-corrected chi connectivity index (χ4v) is 2.49. The summed E-state index contributed by atoms with van der Waals surface area (Å²) in [6.07, 6.45) is 0. The molecule has 0 amide bonds. The van der Waals surface area contributed by atoms with Crippen molar-refractivity contribution in [2.75, 3.05) is 7.05 Å². The second kappa shape index (κ2) is 9.20. The Bertz CT molecular complexity index is 543. The molecule has 0 saturated carbocycles. The maximum absolute atomic E-state index is 5.95. The topological polar surface area (TPSA) is 36.4 Å². The van der Waals surface area contributed by atoms with Crippen LogP contribution in [0.25, 0.3) is 0 Å². The molecule has 0 spiro atoms. The van der Waals surface area contributed by atoms with Gasteiger partial charge in [0.1, 0.15) is 0 Å². The average molecular weight is 422 g/mol. The van der Waals surface area contributed by atoms with Crippen molar-refractivity contribution in [2.45, 2.75) is 13.1 Å². The lowest BCUT2D eigenvalue weighted by Crippen LogP contribution is -2.36. The molecule has 2 rings (SSSR count). The lowest BCUT2D eigenvalue weighted by Gasteiger charge is -2.11. The number of nitrogens with zero attached hydrogens (tertiary/aromatic N) is 1. The number of aliphatic imine (C=N–C) groups is 1. The van der Waals surface area contributed by atoms with Gasteiger partial charge in [0, 0.05) is 23.5 Å². The summed E-state index contributed by atoms with van der Waals surface area (Å²) in [6.45, 7) is 1.48. The van der Waals surface area contributed by atoms with Crippen LogP contribution in [0.3, 0.4) is 0 Å². The Balaban J connectivity index is 0.00000200. The Labute approximate surface area is 145 Å². The van der Waals surface area contributed by atoms with Crippen LogP contribution in [-0.4, -0.2) is 13.0 Å². The van der Waals surface area contributed by atoms with Gasteiger partial charge < -0.3 is 10.6 Å². The van der Waals surface area contributed by atoms with Crippen LogP contribution in [0.1, 0.15) is 10.4 Å². The van der Waals surface area contributed by atoms with E-state index in [1.165, 1.54) is 4.88 Å². The zero-order valence-corrected chi connectivity index (χ0v) is 15.0. The molecular weight excluding hydrogens is 405 g/mol. The van der Waals surface area contributed by atoms with Gasteiger partial charge in [-0.2, -0.15) is 0 Å². The number of thiophene rings is 1. The van der Waals surface area contributed by atoms with Gasteiger partial charge in [0.25, 0.3) is 0 Å². The van der Waals surface area contributed by atoms with Crippen LogP contribution in [0, 0.1) is 0 Å². The van der Waals surface area contributed by atoms with Crippen molar-refractivity contribution in [1.82, 2.24) is 10.6 Å². The van der Waals surface area contributed by atoms with Crippen molar-refractivity contribution in [3.05, 3.63) is 57.2 Å². The Hall–Kier alpha value is -0.790. The molecule has 0 atom stereocenters. The molecule has 6 heteroatoms. The first kappa shape index (κ1) is 17.3. The molecule has 0 aliphatic rings. The minimum absolute atomic E-state index is 0. The fourth-order valence-electron chi connectivity index (χ4n) is 1.64. The number of halogens is 2. The molecule has 1 aromatic carbocycles. The number of rotatable bonds is 4. The first-order valence-electron chi connectivity index (χ1n) is 5.99. The van der Waals surface area contributed by atoms with E-state index < -0.39 is 0 Å². The maximum Gasteiger partial charge on any atom is 0.191 e. The van der Waals surface area contributed by atoms with Gasteiger partial charge in [0.05, 0.1) is 6.54 Å². The quantitative estimate of drug-likeness (QED) is 0.446. The molecule has 2 aromatic rings. The summed E-state index contributed by atoms with van der Waals surface area (Å²) in [6, 6.07) is 11.9. The largest absolute Gasteiger partial charge is 0.352 e. The van der Waals surface area contributed by atoms with E-state index in [2.05, 4.69) is 27.1 Å². The summed E-state index contributed by atoms with van der Waals surface area (Å²) >= 11 is 7.68. The molecule has 0 unspecified atom stereocenters. The van der Waals surface area contributed by atoms with E-state index >= 15 is 0 Å². The van der Waals surface area contributed by atoms with E-state index in [4.69, 9.17) is 11.6 Å². The van der Waals surface area contributed by atoms with E-state index in [9.17, 15) is 0 Å². The summed E-state index contributed by atoms with van der Waals surface area (Å²) < 4.78 is 0. The number of guanidine groups is 1. The highest BCUT2D eigenvalue weighted by Gasteiger charge is 2.00. The van der Waals surface area contributed by atoms with Crippen molar-refractivity contribution < 1.29 is 0 Å². The zero-order chi connectivity index (χ0) is 13.5. The number of nitrogens with one attached hydrogen (secondary N) is 2. The smallest absolute Gasteiger partial charge is 0.191 e. The highest BCUT2D eigenvalue weighted by atomic mass is 127. The van der Waals surface area contributed by atoms with Crippen LogP contribution in [-0.2, 0) is 13.1 Å². The van der Waals surface area contributed by atoms with Gasteiger partial charge in [-0.05, 0) is 29.1 Å². The van der Waals surface area contributed by atoms with Gasteiger partial charge in [0.15, 0.2) is 5.96 Å². The average Bonchev–Trinajstić information content (AvgIpc) is 2.92. The molecule has 1 aromatic heterocycles. The zero-order valence-electron chi connectivity index (χ0n) is 11.1. The van der Waals surface area contributed by atoms with Crippen LogP contribution in [0.5, 0.6) is 0 Å². The van der Waals surface area contributed by atoms with Crippen LogP contribution >= 0.6 is 46.9 Å². The highest BCUT2D eigenvalue weighted by molar-refractivity contribution is 14.0. The third-order valence-electron chi connectivity index (χ3n) is 2.58. The predicted molar refractivity (Wildman–Crippen MR) is 98.2 cm³/mol. The molecule has 0 aliphatic carbocycles. The van der Waals surface area contributed by atoms with Gasteiger partial charge in [-0.1, -0.05) is 29.8 Å². The summed E-state index contributed by atoms with van der Waals surface area (Å²) in [4.78, 5) is 5.47. The van der Waals surface area contributed by atoms with E-state index in [1.54, 1.807) is 18.4 Å². The number of hydrogen-bond acceptors (Lipinski definition) is 2. The van der Waals surface area contributed by atoms with Crippen LogP contribution < -0.4 is 10.6 Å². The molecule has 108 valence electrons. The second-order valence-corrected chi connectivity index (χ2v) is 5.46. The van der Waals surface area contributed by atoms with E-state index in [0.717, 1.165) is 23.1 Å². The second-order valence-electron chi connectivity index (χ2n) is 3.99. The third kappa shape index (κ3) is 5.68. The van der Waals surface area contributed by atoms with Crippen LogP contribution in [0.2, 0.25) is 5.02 Å². The molecule has 0 bridgehead atoms. The van der Waals surface area contributed by atoms with Crippen molar-refractivity contribution in [2.24, 2.45) is 4.99 Å². The van der Waals surface area contributed by atoms with E-state index in [0.29, 0.717) is 6.54 Å². The summed E-state index contributed by atoms with van der Waals surface area (Å²) in [7, 11) is 1.77. The van der Waals surface area contributed by atoms with Gasteiger partial charge >= 0.3 is 0 Å². The minimum Gasteiger partial charge on any atom is -0.352 e. The highest BCUT2D eigenvalue weighted by Crippen LogP contribution is 2.10. The SMILES string of the molecule is CN=C(NCc1cccc(Cl)c1)NCc1cccs1.I. The van der Waals surface area contributed by atoms with Gasteiger partial charge in [0.2, 0.25) is 0 Å². The summed E-state index contributed by atoms with van der Waals surface area (Å²) in [5.41, 5.74) is 1.13. The summed E-state index contributed by atoms with van der Waals surface area (Å²) in [5, 5.41) is 9.35. The predicted octanol–water partition coefficient (Wildman–Crippen LogP) is 3.88. The van der Waals surface area contributed by atoms with E-state index in [-0.39, 0.29) is 24.0 Å². The molecule has 1 heterocycles. The Kier molecular flexibility index (Phi) is 7.94. The maximum atomic E-state index is 5.95. The van der Waals surface area contributed by atoms with Crippen LogP contribution in [0.15, 0.2) is 46.8 Å². The molecule has 3 nitrogen and oxygen atoms in total. The van der Waals surface area contributed by atoms with Gasteiger partial charge in [-0.3, -0.25) is 4.99 Å². The number of benzene rings is 1. The Morgan fingerprint density at radius 1 is 1.20 bits per heavy atom. The van der Waals surface area contributed by atoms with Gasteiger partial charge in [-0.25, -0.2) is 0 Å². The van der Waals surface area contributed by atoms with Crippen molar-refractivity contribution in [3.8, 4) is 0 Å². The molecular formula is C14H17ClIN3S. The molecule has 0 saturated heterocycles. The molecule has 2 N–H and O–H groups in total. The molecule has 0 radical (unpaired) electrons. The fraction of sp³-hybridized carbons (Fsp3) is 0.214. The standard InChI is InChI=1S/C14H16ClN3S.HI/c1-16-14(18-10-13-6-3-7-19-13)17-9-11-4-2-5-12(15)8-11;/h2-8H,9-10H2,1H3,(H2,16,17,18);1H. The summed E-state index contributed by atoms with van der Waals surface area (Å²) in [5.74, 6) is 0.786. The van der Waals surface area contributed by atoms with E-state index in [1.807, 2.05) is 30.3 Å². The normalized spacial score (nSPS) is 10.8. The minimum atomic E-state index is 0. The van der Waals surface area contributed by atoms with Crippen molar-refractivity contribution in [1.29, 1.82) is 0 Å². The monoisotopic (exact) mass is 421 g/mol. The van der Waals surface area contributed by atoms with Crippen LogP contribution in [0.4, 0.5) is 0 Å². The lowest BCUT2D eigenvalue weighted by atomic mass is 10.2. The van der Waals surface area contributed by atoms with Crippen molar-refractivity contribution in [3.63, 3.8) is 0 Å². The third-order valence-corrected chi connectivity index (χ3v) is 3.69. The Morgan fingerprint density at radius 3 is 2.65 bits per heavy atom. The first-order chi connectivity index (χ1) is 9.28. The number of hydrogen-bond donors (Lipinski definition) is 2. The van der Waals surface area contributed by atoms with Crippen molar-refractivity contribution >= 4 is 52.9 Å². The Morgan fingerprint density at radius 2 is 2.00 bits per heavy atom. The molecule has 20 heavy (non-hydrogen) atoms.